The molecule has 0 aliphatic rings. The van der Waals surface area contributed by atoms with Crippen LogP contribution in [0.3, 0.4) is 0 Å². The molecule has 1 aromatic rings. The van der Waals surface area contributed by atoms with E-state index >= 15 is 0 Å². The van der Waals surface area contributed by atoms with Crippen LogP contribution < -0.4 is 5.73 Å². The molecule has 1 heterocycles. The zero-order chi connectivity index (χ0) is 13.4. The predicted octanol–water partition coefficient (Wildman–Crippen LogP) is 2.72. The second-order valence-corrected chi connectivity index (χ2v) is 5.27. The lowest BCUT2D eigenvalue weighted by atomic mass is 9.92. The number of hydrogen-bond donors (Lipinski definition) is 1. The molecular formula is C11H18ClF2N3. The summed E-state index contributed by atoms with van der Waals surface area (Å²) in [6.07, 6.45) is -2.58. The molecule has 0 aliphatic heterocycles. The molecule has 1 atom stereocenters. The molecule has 3 nitrogen and oxygen atoms in total. The Kier molecular flexibility index (Phi) is 4.15. The van der Waals surface area contributed by atoms with Gasteiger partial charge in [-0.05, 0) is 12.8 Å². The molecule has 0 spiro atoms. The van der Waals surface area contributed by atoms with E-state index in [9.17, 15) is 8.78 Å². The summed E-state index contributed by atoms with van der Waals surface area (Å²) in [5, 5.41) is 4.62. The van der Waals surface area contributed by atoms with Crippen LogP contribution in [0.4, 0.5) is 8.78 Å². The first-order chi connectivity index (χ1) is 7.66. The molecule has 0 fully saturated rings. The van der Waals surface area contributed by atoms with Crippen LogP contribution in [0.5, 0.6) is 0 Å². The van der Waals surface area contributed by atoms with Gasteiger partial charge in [0.1, 0.15) is 5.15 Å². The third-order valence-corrected chi connectivity index (χ3v) is 3.18. The smallest absolute Gasteiger partial charge is 0.256 e. The van der Waals surface area contributed by atoms with E-state index in [4.69, 9.17) is 17.3 Å². The van der Waals surface area contributed by atoms with Crippen molar-refractivity contribution in [3.05, 3.63) is 16.4 Å². The van der Waals surface area contributed by atoms with Gasteiger partial charge in [0.25, 0.3) is 6.43 Å². The second kappa shape index (κ2) is 4.90. The molecule has 0 bridgehead atoms. The van der Waals surface area contributed by atoms with Crippen LogP contribution in [0.15, 0.2) is 0 Å². The van der Waals surface area contributed by atoms with Gasteiger partial charge >= 0.3 is 0 Å². The van der Waals surface area contributed by atoms with E-state index in [-0.39, 0.29) is 12.3 Å². The Morgan fingerprint density at radius 1 is 1.47 bits per heavy atom. The molecular weight excluding hydrogens is 248 g/mol. The van der Waals surface area contributed by atoms with E-state index in [0.29, 0.717) is 10.7 Å². The molecule has 6 heteroatoms. The lowest BCUT2D eigenvalue weighted by Crippen LogP contribution is -2.46. The number of halogens is 3. The van der Waals surface area contributed by atoms with E-state index in [2.05, 4.69) is 5.10 Å². The van der Waals surface area contributed by atoms with Gasteiger partial charge in [0.15, 0.2) is 0 Å². The lowest BCUT2D eigenvalue weighted by molar-refractivity contribution is 0.0638. The highest BCUT2D eigenvalue weighted by Gasteiger charge is 2.33. The maximum Gasteiger partial charge on any atom is 0.256 e. The fourth-order valence-corrected chi connectivity index (χ4v) is 1.85. The van der Waals surface area contributed by atoms with Crippen molar-refractivity contribution in [2.75, 3.05) is 0 Å². The number of alkyl halides is 2. The number of nitrogens with zero attached hydrogens (tertiary/aromatic N) is 2. The minimum Gasteiger partial charge on any atom is -0.320 e. The Balaban J connectivity index is 3.13. The topological polar surface area (TPSA) is 43.8 Å². The maximum absolute atomic E-state index is 12.8. The van der Waals surface area contributed by atoms with E-state index < -0.39 is 12.0 Å². The first-order valence-corrected chi connectivity index (χ1v) is 5.83. The number of hydrogen-bond acceptors (Lipinski definition) is 2. The highest BCUT2D eigenvalue weighted by atomic mass is 35.5. The number of aromatic nitrogens is 2. The summed E-state index contributed by atoms with van der Waals surface area (Å²) in [6, 6.07) is 0. The van der Waals surface area contributed by atoms with Crippen molar-refractivity contribution < 1.29 is 8.78 Å². The number of aryl methyl sites for hydroxylation is 1. The molecule has 1 aromatic heterocycles. The third kappa shape index (κ3) is 2.96. The SMILES string of the molecule is CC(C)c1nn(C)c(Cl)c1CC(C)(N)C(F)F. The molecule has 0 aromatic carbocycles. The van der Waals surface area contributed by atoms with Crippen LogP contribution >= 0.6 is 11.6 Å². The van der Waals surface area contributed by atoms with E-state index in [1.807, 2.05) is 13.8 Å². The van der Waals surface area contributed by atoms with Gasteiger partial charge in [0.2, 0.25) is 0 Å². The first kappa shape index (κ1) is 14.4. The van der Waals surface area contributed by atoms with Crippen molar-refractivity contribution in [2.24, 2.45) is 12.8 Å². The normalized spacial score (nSPS) is 15.6. The van der Waals surface area contributed by atoms with Crippen molar-refractivity contribution in [1.29, 1.82) is 0 Å². The van der Waals surface area contributed by atoms with Gasteiger partial charge in [-0.1, -0.05) is 25.4 Å². The number of rotatable bonds is 4. The molecule has 2 N–H and O–H groups in total. The van der Waals surface area contributed by atoms with Gasteiger partial charge in [-0.3, -0.25) is 4.68 Å². The van der Waals surface area contributed by atoms with E-state index in [1.165, 1.54) is 11.6 Å². The van der Waals surface area contributed by atoms with Gasteiger partial charge in [-0.25, -0.2) is 8.78 Å². The molecule has 98 valence electrons. The lowest BCUT2D eigenvalue weighted by Gasteiger charge is -2.23. The fourth-order valence-electron chi connectivity index (χ4n) is 1.65. The molecule has 1 rings (SSSR count). The zero-order valence-corrected chi connectivity index (χ0v) is 11.2. The molecule has 1 unspecified atom stereocenters. The maximum atomic E-state index is 12.8. The van der Waals surface area contributed by atoms with Gasteiger partial charge in [-0.2, -0.15) is 5.10 Å². The number of nitrogens with two attached hydrogens (primary N) is 1. The first-order valence-electron chi connectivity index (χ1n) is 5.45. The minimum absolute atomic E-state index is 0.0187. The third-order valence-electron chi connectivity index (χ3n) is 2.70. The predicted molar refractivity (Wildman–Crippen MR) is 64.6 cm³/mol. The standard InChI is InChI=1S/C11H18ClF2N3/c1-6(2)8-7(9(12)17(4)16-8)5-11(3,15)10(13)14/h6,10H,5,15H2,1-4H3. The highest BCUT2D eigenvalue weighted by molar-refractivity contribution is 6.30. The van der Waals surface area contributed by atoms with Crippen LogP contribution in [0.2, 0.25) is 5.15 Å². The van der Waals surface area contributed by atoms with Crippen LogP contribution in [0.25, 0.3) is 0 Å². The summed E-state index contributed by atoms with van der Waals surface area (Å²) in [5.41, 5.74) is 5.36. The van der Waals surface area contributed by atoms with Crippen LogP contribution in [0, 0.1) is 0 Å². The summed E-state index contributed by atoms with van der Waals surface area (Å²) in [7, 11) is 1.69. The van der Waals surface area contributed by atoms with Crippen LogP contribution in [0.1, 0.15) is 37.9 Å². The Hall–Kier alpha value is -0.680. The Bertz CT molecular complexity index is 400. The largest absolute Gasteiger partial charge is 0.320 e. The average Bonchev–Trinajstić information content (AvgIpc) is 2.45. The molecule has 0 aliphatic carbocycles. The second-order valence-electron chi connectivity index (χ2n) is 4.92. The summed E-state index contributed by atoms with van der Waals surface area (Å²) >= 11 is 6.07. The fraction of sp³-hybridized carbons (Fsp3) is 0.727. The minimum atomic E-state index is -2.60. The zero-order valence-electron chi connectivity index (χ0n) is 10.5. The molecule has 0 radical (unpaired) electrons. The van der Waals surface area contributed by atoms with Gasteiger partial charge in [0.05, 0.1) is 11.2 Å². The molecule has 17 heavy (non-hydrogen) atoms. The van der Waals surface area contributed by atoms with Crippen molar-refractivity contribution >= 4 is 11.6 Å². The quantitative estimate of drug-likeness (QED) is 0.910. The monoisotopic (exact) mass is 265 g/mol. The summed E-state index contributed by atoms with van der Waals surface area (Å²) in [4.78, 5) is 0. The van der Waals surface area contributed by atoms with Gasteiger partial charge < -0.3 is 5.73 Å². The molecule has 0 amide bonds. The summed E-state index contributed by atoms with van der Waals surface area (Å²) in [5.74, 6) is 0.122. The van der Waals surface area contributed by atoms with Crippen molar-refractivity contribution in [3.63, 3.8) is 0 Å². The average molecular weight is 266 g/mol. The van der Waals surface area contributed by atoms with E-state index in [1.54, 1.807) is 7.05 Å². The van der Waals surface area contributed by atoms with Crippen molar-refractivity contribution in [2.45, 2.75) is 45.1 Å². The van der Waals surface area contributed by atoms with Gasteiger partial charge in [-0.15, -0.1) is 0 Å². The Labute approximate surface area is 105 Å². The van der Waals surface area contributed by atoms with Crippen molar-refractivity contribution in [3.8, 4) is 0 Å². The summed E-state index contributed by atoms with van der Waals surface area (Å²) < 4.78 is 27.0. The summed E-state index contributed by atoms with van der Waals surface area (Å²) in [6.45, 7) is 5.21. The highest BCUT2D eigenvalue weighted by Crippen LogP contribution is 2.29. The van der Waals surface area contributed by atoms with E-state index in [0.717, 1.165) is 5.69 Å². The van der Waals surface area contributed by atoms with Crippen LogP contribution in [-0.4, -0.2) is 21.7 Å². The molecule has 0 saturated carbocycles. The van der Waals surface area contributed by atoms with Crippen molar-refractivity contribution in [1.82, 2.24) is 9.78 Å². The Morgan fingerprint density at radius 2 is 2.00 bits per heavy atom. The Morgan fingerprint density at radius 3 is 2.41 bits per heavy atom. The van der Waals surface area contributed by atoms with Gasteiger partial charge in [0, 0.05) is 19.0 Å². The molecule has 0 saturated heterocycles. The van der Waals surface area contributed by atoms with Crippen LogP contribution in [-0.2, 0) is 13.5 Å².